The molecule has 0 amide bonds. The zero-order valence-electron chi connectivity index (χ0n) is 12.2. The second kappa shape index (κ2) is 6.22. The van der Waals surface area contributed by atoms with Crippen LogP contribution in [-0.2, 0) is 6.18 Å². The van der Waals surface area contributed by atoms with E-state index in [1.165, 1.54) is 0 Å². The largest absolute Gasteiger partial charge is 0.416 e. The van der Waals surface area contributed by atoms with E-state index < -0.39 is 17.6 Å². The average Bonchev–Trinajstić information content (AvgIpc) is 2.39. The molecule has 1 fully saturated rings. The fourth-order valence-corrected chi connectivity index (χ4v) is 2.91. The lowest BCUT2D eigenvalue weighted by Crippen LogP contribution is -2.47. The first kappa shape index (κ1) is 16.1. The second-order valence-electron chi connectivity index (χ2n) is 5.49. The van der Waals surface area contributed by atoms with E-state index >= 15 is 0 Å². The molecule has 118 valence electrons. The van der Waals surface area contributed by atoms with Gasteiger partial charge in [-0.05, 0) is 44.5 Å². The zero-order valence-corrected chi connectivity index (χ0v) is 12.2. The van der Waals surface area contributed by atoms with E-state index in [9.17, 15) is 17.6 Å². The van der Waals surface area contributed by atoms with Crippen molar-refractivity contribution in [2.75, 3.05) is 18.0 Å². The topological polar surface area (TPSA) is 15.3 Å². The molecule has 2 rings (SSSR count). The Kier molecular flexibility index (Phi) is 4.76. The van der Waals surface area contributed by atoms with Crippen LogP contribution in [0.2, 0.25) is 0 Å². The Labute approximate surface area is 122 Å². The van der Waals surface area contributed by atoms with Gasteiger partial charge in [-0.25, -0.2) is 4.39 Å². The van der Waals surface area contributed by atoms with E-state index in [1.807, 2.05) is 13.8 Å². The molecule has 1 aliphatic rings. The molecule has 2 unspecified atom stereocenters. The maximum atomic E-state index is 13.9. The van der Waals surface area contributed by atoms with Crippen molar-refractivity contribution in [3.8, 4) is 0 Å². The van der Waals surface area contributed by atoms with Crippen molar-refractivity contribution < 1.29 is 17.6 Å². The molecule has 1 aromatic rings. The highest BCUT2D eigenvalue weighted by Gasteiger charge is 2.33. The number of rotatable bonds is 3. The van der Waals surface area contributed by atoms with Crippen molar-refractivity contribution in [2.24, 2.45) is 0 Å². The summed E-state index contributed by atoms with van der Waals surface area (Å²) in [5.74, 6) is -0.600. The van der Waals surface area contributed by atoms with Gasteiger partial charge in [-0.2, -0.15) is 13.2 Å². The third kappa shape index (κ3) is 3.67. The number of anilines is 1. The van der Waals surface area contributed by atoms with Gasteiger partial charge in [0.15, 0.2) is 0 Å². The molecular formula is C15H20F4N2. The fraction of sp³-hybridized carbons (Fsp3) is 0.600. The molecule has 2 nitrogen and oxygen atoms in total. The summed E-state index contributed by atoms with van der Waals surface area (Å²) in [5, 5.41) is 3.34. The molecule has 0 radical (unpaired) electrons. The van der Waals surface area contributed by atoms with Crippen LogP contribution in [0.3, 0.4) is 0 Å². The number of nitrogens with zero attached hydrogens (tertiary/aromatic N) is 1. The maximum Gasteiger partial charge on any atom is 0.416 e. The normalized spacial score (nSPS) is 23.4. The Hall–Kier alpha value is -1.30. The molecule has 1 saturated heterocycles. The lowest BCUT2D eigenvalue weighted by molar-refractivity contribution is -0.137. The first-order chi connectivity index (χ1) is 9.82. The highest BCUT2D eigenvalue weighted by Crippen LogP contribution is 2.35. The van der Waals surface area contributed by atoms with Gasteiger partial charge in [0, 0.05) is 18.6 Å². The quantitative estimate of drug-likeness (QED) is 0.854. The first-order valence-corrected chi connectivity index (χ1v) is 7.19. The van der Waals surface area contributed by atoms with E-state index in [4.69, 9.17) is 0 Å². The SMILES string of the molecule is CCNC1CCN(c2cc(C(F)(F)F)ccc2F)C(C)C1. The van der Waals surface area contributed by atoms with Crippen LogP contribution in [0.5, 0.6) is 0 Å². The Bertz CT molecular complexity index is 487. The number of hydrogen-bond donors (Lipinski definition) is 1. The minimum absolute atomic E-state index is 0.000726. The standard InChI is InChI=1S/C15H20F4N2/c1-3-20-12-6-7-21(10(2)8-12)14-9-11(15(17,18)19)4-5-13(14)16/h4-5,9-10,12,20H,3,6-8H2,1-2H3. The van der Waals surface area contributed by atoms with Gasteiger partial charge in [0.25, 0.3) is 0 Å². The molecule has 0 bridgehead atoms. The number of alkyl halides is 3. The van der Waals surface area contributed by atoms with Gasteiger partial charge in [-0.15, -0.1) is 0 Å². The van der Waals surface area contributed by atoms with Crippen LogP contribution < -0.4 is 10.2 Å². The molecule has 6 heteroatoms. The van der Waals surface area contributed by atoms with Gasteiger partial charge in [0.2, 0.25) is 0 Å². The van der Waals surface area contributed by atoms with Crippen LogP contribution >= 0.6 is 0 Å². The van der Waals surface area contributed by atoms with Crippen LogP contribution in [0.25, 0.3) is 0 Å². The number of halogens is 4. The highest BCUT2D eigenvalue weighted by molar-refractivity contribution is 5.52. The van der Waals surface area contributed by atoms with Crippen molar-refractivity contribution in [3.63, 3.8) is 0 Å². The van der Waals surface area contributed by atoms with Gasteiger partial charge in [-0.3, -0.25) is 0 Å². The van der Waals surface area contributed by atoms with Gasteiger partial charge in [-0.1, -0.05) is 6.92 Å². The summed E-state index contributed by atoms with van der Waals surface area (Å²) >= 11 is 0. The minimum Gasteiger partial charge on any atom is -0.366 e. The second-order valence-corrected chi connectivity index (χ2v) is 5.49. The molecule has 0 aromatic heterocycles. The molecule has 0 spiro atoms. The summed E-state index contributed by atoms with van der Waals surface area (Å²) in [4.78, 5) is 1.73. The van der Waals surface area contributed by atoms with Crippen molar-refractivity contribution in [3.05, 3.63) is 29.6 Å². The smallest absolute Gasteiger partial charge is 0.366 e. The number of hydrogen-bond acceptors (Lipinski definition) is 2. The lowest BCUT2D eigenvalue weighted by Gasteiger charge is -2.39. The summed E-state index contributed by atoms with van der Waals surface area (Å²) < 4.78 is 52.3. The van der Waals surface area contributed by atoms with Crippen molar-refractivity contribution in [1.29, 1.82) is 0 Å². The highest BCUT2D eigenvalue weighted by atomic mass is 19.4. The van der Waals surface area contributed by atoms with Gasteiger partial charge < -0.3 is 10.2 Å². The lowest BCUT2D eigenvalue weighted by atomic mass is 9.97. The molecule has 1 aromatic carbocycles. The molecule has 2 atom stereocenters. The van der Waals surface area contributed by atoms with E-state index in [0.29, 0.717) is 12.6 Å². The zero-order chi connectivity index (χ0) is 15.6. The Morgan fingerprint density at radius 3 is 2.62 bits per heavy atom. The first-order valence-electron chi connectivity index (χ1n) is 7.19. The summed E-state index contributed by atoms with van der Waals surface area (Å²) in [6.45, 7) is 5.35. The number of benzene rings is 1. The molecular weight excluding hydrogens is 284 g/mol. The summed E-state index contributed by atoms with van der Waals surface area (Å²) in [6, 6.07) is 2.95. The molecule has 0 saturated carbocycles. The summed E-state index contributed by atoms with van der Waals surface area (Å²) in [6.07, 6.45) is -2.86. The predicted octanol–water partition coefficient (Wildman–Crippen LogP) is 3.81. The van der Waals surface area contributed by atoms with Crippen LogP contribution in [0.15, 0.2) is 18.2 Å². The predicted molar refractivity (Wildman–Crippen MR) is 74.9 cm³/mol. The molecule has 21 heavy (non-hydrogen) atoms. The van der Waals surface area contributed by atoms with Crippen molar-refractivity contribution in [1.82, 2.24) is 5.32 Å². The van der Waals surface area contributed by atoms with Crippen LogP contribution in [-0.4, -0.2) is 25.2 Å². The monoisotopic (exact) mass is 304 g/mol. The van der Waals surface area contributed by atoms with Crippen molar-refractivity contribution >= 4 is 5.69 Å². The average molecular weight is 304 g/mol. The maximum absolute atomic E-state index is 13.9. The molecule has 1 heterocycles. The number of nitrogens with one attached hydrogen (secondary N) is 1. The van der Waals surface area contributed by atoms with E-state index in [1.54, 1.807) is 4.90 Å². The van der Waals surface area contributed by atoms with Gasteiger partial charge in [0.1, 0.15) is 5.82 Å². The van der Waals surface area contributed by atoms with Crippen LogP contribution in [0, 0.1) is 5.82 Å². The van der Waals surface area contributed by atoms with Gasteiger partial charge >= 0.3 is 6.18 Å². The fourth-order valence-electron chi connectivity index (χ4n) is 2.91. The third-order valence-corrected chi connectivity index (χ3v) is 3.95. The van der Waals surface area contributed by atoms with Crippen molar-refractivity contribution in [2.45, 2.75) is 44.9 Å². The van der Waals surface area contributed by atoms with Crippen LogP contribution in [0.4, 0.5) is 23.2 Å². The number of piperidine rings is 1. The Morgan fingerprint density at radius 2 is 2.05 bits per heavy atom. The van der Waals surface area contributed by atoms with E-state index in [-0.39, 0.29) is 11.7 Å². The third-order valence-electron chi connectivity index (χ3n) is 3.95. The minimum atomic E-state index is -4.45. The molecule has 1 aliphatic heterocycles. The summed E-state index contributed by atoms with van der Waals surface area (Å²) in [5.41, 5.74) is -0.757. The Balaban J connectivity index is 2.22. The molecule has 1 N–H and O–H groups in total. The molecule has 0 aliphatic carbocycles. The van der Waals surface area contributed by atoms with E-state index in [2.05, 4.69) is 5.32 Å². The summed E-state index contributed by atoms with van der Waals surface area (Å²) in [7, 11) is 0. The van der Waals surface area contributed by atoms with E-state index in [0.717, 1.165) is 37.6 Å². The van der Waals surface area contributed by atoms with Gasteiger partial charge in [0.05, 0.1) is 11.3 Å². The van der Waals surface area contributed by atoms with Crippen LogP contribution in [0.1, 0.15) is 32.3 Å². The Morgan fingerprint density at radius 1 is 1.33 bits per heavy atom.